The number of nitrogens with one attached hydrogen (secondary N) is 1. The van der Waals surface area contributed by atoms with E-state index in [4.69, 9.17) is 0 Å². The molecule has 0 bridgehead atoms. The largest absolute Gasteiger partial charge is 0.358 e. The van der Waals surface area contributed by atoms with Crippen LogP contribution in [0.25, 0.3) is 10.9 Å². The van der Waals surface area contributed by atoms with Crippen molar-refractivity contribution < 1.29 is 0 Å². The molecule has 1 atom stereocenters. The number of rotatable bonds is 3. The Balaban J connectivity index is 1.49. The SMILES string of the molecule is c1ccc(CCC2CCc3c([nH]c4ccccc34)C2)cc1. The van der Waals surface area contributed by atoms with Gasteiger partial charge in [-0.3, -0.25) is 0 Å². The van der Waals surface area contributed by atoms with Crippen LogP contribution >= 0.6 is 0 Å². The number of aryl methyl sites for hydroxylation is 2. The van der Waals surface area contributed by atoms with E-state index in [0.29, 0.717) is 0 Å². The molecule has 1 aromatic heterocycles. The predicted molar refractivity (Wildman–Crippen MR) is 88.6 cm³/mol. The van der Waals surface area contributed by atoms with Gasteiger partial charge in [-0.25, -0.2) is 0 Å². The predicted octanol–water partition coefficient (Wildman–Crippen LogP) is 4.91. The first-order valence-electron chi connectivity index (χ1n) is 8.02. The summed E-state index contributed by atoms with van der Waals surface area (Å²) in [7, 11) is 0. The van der Waals surface area contributed by atoms with Crippen LogP contribution in [0.2, 0.25) is 0 Å². The Labute approximate surface area is 126 Å². The Kier molecular flexibility index (Phi) is 3.27. The molecule has 1 heteroatoms. The van der Waals surface area contributed by atoms with Crippen LogP contribution in [0.3, 0.4) is 0 Å². The molecule has 4 rings (SSSR count). The highest BCUT2D eigenvalue weighted by Crippen LogP contribution is 2.33. The van der Waals surface area contributed by atoms with Crippen LogP contribution < -0.4 is 0 Å². The summed E-state index contributed by atoms with van der Waals surface area (Å²) in [6.07, 6.45) is 6.30. The maximum atomic E-state index is 3.64. The highest BCUT2D eigenvalue weighted by Gasteiger charge is 2.21. The molecule has 1 aliphatic rings. The molecule has 1 aliphatic carbocycles. The zero-order chi connectivity index (χ0) is 14.1. The zero-order valence-corrected chi connectivity index (χ0v) is 12.3. The van der Waals surface area contributed by atoms with Gasteiger partial charge in [0.15, 0.2) is 0 Å². The first kappa shape index (κ1) is 12.7. The second kappa shape index (κ2) is 5.40. The fraction of sp³-hybridized carbons (Fsp3) is 0.300. The van der Waals surface area contributed by atoms with E-state index >= 15 is 0 Å². The summed E-state index contributed by atoms with van der Waals surface area (Å²) in [6, 6.07) is 19.6. The fourth-order valence-electron chi connectivity index (χ4n) is 3.72. The summed E-state index contributed by atoms with van der Waals surface area (Å²) >= 11 is 0. The maximum absolute atomic E-state index is 3.64. The standard InChI is InChI=1S/C20H21N/c1-2-6-15(7-3-1)10-11-16-12-13-18-17-8-4-5-9-19(17)21-20(18)14-16/h1-9,16,21H,10-14H2. The van der Waals surface area contributed by atoms with Crippen molar-refractivity contribution in [3.05, 3.63) is 71.4 Å². The van der Waals surface area contributed by atoms with Gasteiger partial charge >= 0.3 is 0 Å². The molecule has 1 unspecified atom stereocenters. The highest BCUT2D eigenvalue weighted by molar-refractivity contribution is 5.84. The lowest BCUT2D eigenvalue weighted by molar-refractivity contribution is 0.425. The molecule has 0 radical (unpaired) electrons. The van der Waals surface area contributed by atoms with Crippen molar-refractivity contribution in [1.29, 1.82) is 0 Å². The normalized spacial score (nSPS) is 17.8. The van der Waals surface area contributed by atoms with Gasteiger partial charge in [-0.15, -0.1) is 0 Å². The van der Waals surface area contributed by atoms with E-state index < -0.39 is 0 Å². The molecule has 1 nitrogen and oxygen atoms in total. The van der Waals surface area contributed by atoms with Crippen LogP contribution in [0.5, 0.6) is 0 Å². The summed E-state index contributed by atoms with van der Waals surface area (Å²) < 4.78 is 0. The summed E-state index contributed by atoms with van der Waals surface area (Å²) in [5.41, 5.74) is 5.84. The van der Waals surface area contributed by atoms with Gasteiger partial charge in [0.2, 0.25) is 0 Å². The summed E-state index contributed by atoms with van der Waals surface area (Å²) in [5, 5.41) is 1.44. The molecule has 0 saturated heterocycles. The van der Waals surface area contributed by atoms with Gasteiger partial charge in [-0.2, -0.15) is 0 Å². The van der Waals surface area contributed by atoms with Crippen LogP contribution in [0.4, 0.5) is 0 Å². The van der Waals surface area contributed by atoms with E-state index in [1.807, 2.05) is 0 Å². The average molecular weight is 275 g/mol. The molecule has 21 heavy (non-hydrogen) atoms. The second-order valence-corrected chi connectivity index (χ2v) is 6.26. The lowest BCUT2D eigenvalue weighted by atomic mass is 9.83. The van der Waals surface area contributed by atoms with Gasteiger partial charge in [0.1, 0.15) is 0 Å². The topological polar surface area (TPSA) is 15.8 Å². The summed E-state index contributed by atoms with van der Waals surface area (Å²) in [4.78, 5) is 3.64. The van der Waals surface area contributed by atoms with E-state index in [-0.39, 0.29) is 0 Å². The Hall–Kier alpha value is -2.02. The number of hydrogen-bond acceptors (Lipinski definition) is 0. The molecule has 0 saturated carbocycles. The van der Waals surface area contributed by atoms with Crippen molar-refractivity contribution in [2.24, 2.45) is 5.92 Å². The quantitative estimate of drug-likeness (QED) is 0.699. The summed E-state index contributed by atoms with van der Waals surface area (Å²) in [6.45, 7) is 0. The van der Waals surface area contributed by atoms with E-state index in [1.165, 1.54) is 54.3 Å². The van der Waals surface area contributed by atoms with Gasteiger partial charge in [-0.1, -0.05) is 48.5 Å². The third-order valence-corrected chi connectivity index (χ3v) is 4.88. The molecule has 1 heterocycles. The van der Waals surface area contributed by atoms with E-state index in [1.54, 1.807) is 5.56 Å². The molecule has 0 aliphatic heterocycles. The third-order valence-electron chi connectivity index (χ3n) is 4.88. The zero-order valence-electron chi connectivity index (χ0n) is 12.3. The van der Waals surface area contributed by atoms with Crippen LogP contribution in [0.15, 0.2) is 54.6 Å². The molecule has 0 fully saturated rings. The first-order chi connectivity index (χ1) is 10.4. The summed E-state index contributed by atoms with van der Waals surface area (Å²) in [5.74, 6) is 0.825. The maximum Gasteiger partial charge on any atom is 0.0458 e. The minimum absolute atomic E-state index is 0.825. The lowest BCUT2D eigenvalue weighted by Crippen LogP contribution is -2.14. The van der Waals surface area contributed by atoms with Crippen molar-refractivity contribution >= 4 is 10.9 Å². The minimum atomic E-state index is 0.825. The van der Waals surface area contributed by atoms with E-state index in [9.17, 15) is 0 Å². The molecule has 0 spiro atoms. The number of fused-ring (bicyclic) bond motifs is 3. The van der Waals surface area contributed by atoms with Gasteiger partial charge in [0.05, 0.1) is 0 Å². The van der Waals surface area contributed by atoms with Crippen LogP contribution in [0.1, 0.15) is 29.7 Å². The monoisotopic (exact) mass is 275 g/mol. The molecule has 1 N–H and O–H groups in total. The molecule has 3 aromatic rings. The number of aromatic amines is 1. The van der Waals surface area contributed by atoms with Crippen LogP contribution in [0, 0.1) is 5.92 Å². The Morgan fingerprint density at radius 3 is 2.67 bits per heavy atom. The molecular formula is C20H21N. The molecular weight excluding hydrogens is 254 g/mol. The number of para-hydroxylation sites is 1. The molecule has 2 aromatic carbocycles. The highest BCUT2D eigenvalue weighted by atomic mass is 14.7. The Morgan fingerprint density at radius 2 is 1.76 bits per heavy atom. The van der Waals surface area contributed by atoms with E-state index in [0.717, 1.165) is 5.92 Å². The van der Waals surface area contributed by atoms with Crippen molar-refractivity contribution in [2.75, 3.05) is 0 Å². The van der Waals surface area contributed by atoms with Crippen LogP contribution in [-0.2, 0) is 19.3 Å². The van der Waals surface area contributed by atoms with Crippen molar-refractivity contribution in [2.45, 2.75) is 32.1 Å². The van der Waals surface area contributed by atoms with Crippen molar-refractivity contribution in [3.63, 3.8) is 0 Å². The molecule has 106 valence electrons. The second-order valence-electron chi connectivity index (χ2n) is 6.26. The molecule has 0 amide bonds. The Morgan fingerprint density at radius 1 is 0.952 bits per heavy atom. The van der Waals surface area contributed by atoms with Crippen molar-refractivity contribution in [1.82, 2.24) is 4.98 Å². The third kappa shape index (κ3) is 2.49. The fourth-order valence-corrected chi connectivity index (χ4v) is 3.72. The average Bonchev–Trinajstić information content (AvgIpc) is 2.91. The van der Waals surface area contributed by atoms with Gasteiger partial charge in [-0.05, 0) is 55.2 Å². The smallest absolute Gasteiger partial charge is 0.0458 e. The van der Waals surface area contributed by atoms with Gasteiger partial charge in [0.25, 0.3) is 0 Å². The van der Waals surface area contributed by atoms with Crippen molar-refractivity contribution in [3.8, 4) is 0 Å². The van der Waals surface area contributed by atoms with Gasteiger partial charge in [0, 0.05) is 16.6 Å². The number of aromatic nitrogens is 1. The Bertz CT molecular complexity index is 739. The number of hydrogen-bond donors (Lipinski definition) is 1. The van der Waals surface area contributed by atoms with Crippen LogP contribution in [-0.4, -0.2) is 4.98 Å². The lowest BCUT2D eigenvalue weighted by Gasteiger charge is -2.22. The first-order valence-corrected chi connectivity index (χ1v) is 8.02. The minimum Gasteiger partial charge on any atom is -0.358 e. The van der Waals surface area contributed by atoms with E-state index in [2.05, 4.69) is 59.6 Å². The van der Waals surface area contributed by atoms with Gasteiger partial charge < -0.3 is 4.98 Å². The number of H-pyrrole nitrogens is 1. The number of benzene rings is 2.